The number of ether oxygens (including phenoxy) is 3. The minimum absolute atomic E-state index is 0.179. The molecule has 1 aromatic carbocycles. The molecule has 0 aliphatic heterocycles. The maximum atomic E-state index is 12.6. The Morgan fingerprint density at radius 1 is 1.33 bits per heavy atom. The highest BCUT2D eigenvalue weighted by atomic mass is 35.5. The third-order valence-electron chi connectivity index (χ3n) is 3.48. The second-order valence-corrected chi connectivity index (χ2v) is 6.61. The highest BCUT2D eigenvalue weighted by Gasteiger charge is 2.34. The fourth-order valence-electron chi connectivity index (χ4n) is 2.51. The molecule has 0 spiro atoms. The van der Waals surface area contributed by atoms with Crippen molar-refractivity contribution in [3.05, 3.63) is 23.2 Å². The summed E-state index contributed by atoms with van der Waals surface area (Å²) < 4.78 is 16.1. The Hall–Kier alpha value is -1.30. The van der Waals surface area contributed by atoms with Crippen LogP contribution in [0.5, 0.6) is 5.75 Å². The number of hydrogen-bond donors (Lipinski definition) is 1. The number of carbonyl (C=O) groups is 1. The fourth-order valence-corrected chi connectivity index (χ4v) is 2.74. The first-order chi connectivity index (χ1) is 11.3. The summed E-state index contributed by atoms with van der Waals surface area (Å²) in [6, 6.07) is 5.16. The molecule has 6 heteroatoms. The highest BCUT2D eigenvalue weighted by molar-refractivity contribution is 6.32. The topological polar surface area (TPSA) is 56.8 Å². The van der Waals surface area contributed by atoms with Crippen molar-refractivity contribution in [3.63, 3.8) is 0 Å². The first-order valence-corrected chi connectivity index (χ1v) is 8.57. The maximum Gasteiger partial charge on any atom is 0.256 e. The summed E-state index contributed by atoms with van der Waals surface area (Å²) in [5, 5.41) is 3.32. The van der Waals surface area contributed by atoms with Crippen LogP contribution in [0.25, 0.3) is 0 Å². The van der Waals surface area contributed by atoms with Crippen LogP contribution in [0, 0.1) is 5.92 Å². The van der Waals surface area contributed by atoms with Crippen LogP contribution < -0.4 is 10.1 Å². The van der Waals surface area contributed by atoms with Crippen LogP contribution in [0.4, 0.5) is 5.69 Å². The molecule has 1 unspecified atom stereocenters. The molecule has 1 rings (SSSR count). The molecule has 1 aromatic rings. The average Bonchev–Trinajstić information content (AvgIpc) is 2.49. The van der Waals surface area contributed by atoms with Gasteiger partial charge in [0.05, 0.1) is 11.6 Å². The average molecular weight is 358 g/mol. The largest absolute Gasteiger partial charge is 0.490 e. The molecule has 0 heterocycles. The van der Waals surface area contributed by atoms with E-state index in [2.05, 4.69) is 19.2 Å². The molecule has 0 bridgehead atoms. The van der Waals surface area contributed by atoms with Crippen LogP contribution in [0.15, 0.2) is 18.2 Å². The van der Waals surface area contributed by atoms with Crippen LogP contribution in [-0.4, -0.2) is 38.4 Å². The summed E-state index contributed by atoms with van der Waals surface area (Å²) in [4.78, 5) is 12.6. The minimum atomic E-state index is -0.872. The molecular weight excluding hydrogens is 330 g/mol. The summed E-state index contributed by atoms with van der Waals surface area (Å²) >= 11 is 6.20. The van der Waals surface area contributed by atoms with E-state index in [9.17, 15) is 4.79 Å². The molecule has 0 aromatic heterocycles. The summed E-state index contributed by atoms with van der Waals surface area (Å²) in [6.07, 6.45) is 0.638. The molecule has 0 aliphatic rings. The lowest BCUT2D eigenvalue weighted by atomic mass is 9.93. The Morgan fingerprint density at radius 2 is 2.04 bits per heavy atom. The molecule has 0 saturated carbocycles. The van der Waals surface area contributed by atoms with Gasteiger partial charge < -0.3 is 19.5 Å². The lowest BCUT2D eigenvalue weighted by molar-refractivity contribution is -0.140. The van der Waals surface area contributed by atoms with Gasteiger partial charge in [-0.25, -0.2) is 0 Å². The van der Waals surface area contributed by atoms with Crippen molar-refractivity contribution in [2.75, 3.05) is 32.2 Å². The Balaban J connectivity index is 2.79. The van der Waals surface area contributed by atoms with Crippen molar-refractivity contribution in [1.82, 2.24) is 0 Å². The van der Waals surface area contributed by atoms with Gasteiger partial charge in [-0.3, -0.25) is 4.79 Å². The van der Waals surface area contributed by atoms with E-state index in [0.717, 1.165) is 0 Å². The van der Waals surface area contributed by atoms with Gasteiger partial charge in [-0.05, 0) is 44.4 Å². The van der Waals surface area contributed by atoms with E-state index in [1.54, 1.807) is 25.3 Å². The molecule has 0 aliphatic carbocycles. The number of carbonyl (C=O) groups excluding carboxylic acids is 1. The first-order valence-electron chi connectivity index (χ1n) is 8.19. The van der Waals surface area contributed by atoms with E-state index in [0.29, 0.717) is 48.6 Å². The SMILES string of the molecule is CCOC(C)(CC(C)C)C(=O)Nc1ccc(OCCOC)c(Cl)c1. The lowest BCUT2D eigenvalue weighted by Gasteiger charge is -2.30. The number of methoxy groups -OCH3 is 1. The quantitative estimate of drug-likeness (QED) is 0.639. The summed E-state index contributed by atoms with van der Waals surface area (Å²) in [6.45, 7) is 9.20. The monoisotopic (exact) mass is 357 g/mol. The number of amides is 1. The van der Waals surface area contributed by atoms with Crippen LogP contribution in [0.2, 0.25) is 5.02 Å². The van der Waals surface area contributed by atoms with Gasteiger partial charge in [-0.2, -0.15) is 0 Å². The normalized spacial score (nSPS) is 13.6. The highest BCUT2D eigenvalue weighted by Crippen LogP contribution is 2.29. The third-order valence-corrected chi connectivity index (χ3v) is 3.77. The summed E-state index contributed by atoms with van der Waals surface area (Å²) in [5.74, 6) is 0.719. The number of benzene rings is 1. The van der Waals surface area contributed by atoms with Gasteiger partial charge in [0.1, 0.15) is 18.0 Å². The van der Waals surface area contributed by atoms with Gasteiger partial charge in [0.2, 0.25) is 0 Å². The maximum absolute atomic E-state index is 12.6. The zero-order chi connectivity index (χ0) is 18.2. The van der Waals surface area contributed by atoms with Crippen LogP contribution >= 0.6 is 11.6 Å². The van der Waals surface area contributed by atoms with E-state index in [1.807, 2.05) is 13.8 Å². The molecule has 136 valence electrons. The van der Waals surface area contributed by atoms with Gasteiger partial charge >= 0.3 is 0 Å². The van der Waals surface area contributed by atoms with Gasteiger partial charge in [0, 0.05) is 19.4 Å². The van der Waals surface area contributed by atoms with Crippen molar-refractivity contribution < 1.29 is 19.0 Å². The van der Waals surface area contributed by atoms with E-state index in [4.69, 9.17) is 25.8 Å². The molecular formula is C18H28ClNO4. The molecule has 1 N–H and O–H groups in total. The van der Waals surface area contributed by atoms with E-state index < -0.39 is 5.60 Å². The summed E-state index contributed by atoms with van der Waals surface area (Å²) in [5.41, 5.74) is -0.262. The zero-order valence-electron chi connectivity index (χ0n) is 15.1. The van der Waals surface area contributed by atoms with Crippen LogP contribution in [0.3, 0.4) is 0 Å². The Kier molecular flexibility index (Phi) is 8.53. The molecule has 0 fully saturated rings. The Bertz CT molecular complexity index is 536. The second-order valence-electron chi connectivity index (χ2n) is 6.20. The molecule has 1 atom stereocenters. The minimum Gasteiger partial charge on any atom is -0.490 e. The number of rotatable bonds is 10. The van der Waals surface area contributed by atoms with E-state index in [-0.39, 0.29) is 5.91 Å². The van der Waals surface area contributed by atoms with Crippen molar-refractivity contribution in [3.8, 4) is 5.75 Å². The number of hydrogen-bond acceptors (Lipinski definition) is 4. The fraction of sp³-hybridized carbons (Fsp3) is 0.611. The van der Waals surface area contributed by atoms with Crippen molar-refractivity contribution in [2.45, 2.75) is 39.7 Å². The predicted octanol–water partition coefficient (Wildman–Crippen LogP) is 4.15. The van der Waals surface area contributed by atoms with Gasteiger partial charge in [0.25, 0.3) is 5.91 Å². The first kappa shape index (κ1) is 20.7. The zero-order valence-corrected chi connectivity index (χ0v) is 15.9. The standard InChI is InChI=1S/C18H28ClNO4/c1-6-24-18(4,12-13(2)3)17(21)20-14-7-8-16(15(19)11-14)23-10-9-22-5/h7-8,11,13H,6,9-10,12H2,1-5H3,(H,20,21). The van der Waals surface area contributed by atoms with Crippen molar-refractivity contribution >= 4 is 23.2 Å². The second kappa shape index (κ2) is 9.87. The van der Waals surface area contributed by atoms with Crippen LogP contribution in [0.1, 0.15) is 34.1 Å². The van der Waals surface area contributed by atoms with Crippen molar-refractivity contribution in [2.24, 2.45) is 5.92 Å². The van der Waals surface area contributed by atoms with Gasteiger partial charge in [-0.1, -0.05) is 25.4 Å². The Labute approximate surface area is 149 Å². The smallest absolute Gasteiger partial charge is 0.256 e. The number of anilines is 1. The van der Waals surface area contributed by atoms with E-state index >= 15 is 0 Å². The summed E-state index contributed by atoms with van der Waals surface area (Å²) in [7, 11) is 1.61. The number of nitrogens with one attached hydrogen (secondary N) is 1. The van der Waals surface area contributed by atoms with Gasteiger partial charge in [0.15, 0.2) is 0 Å². The predicted molar refractivity (Wildman–Crippen MR) is 96.9 cm³/mol. The van der Waals surface area contributed by atoms with E-state index in [1.165, 1.54) is 0 Å². The molecule has 5 nitrogen and oxygen atoms in total. The molecule has 0 radical (unpaired) electrons. The van der Waals surface area contributed by atoms with Crippen LogP contribution in [-0.2, 0) is 14.3 Å². The third kappa shape index (κ3) is 6.30. The Morgan fingerprint density at radius 3 is 2.58 bits per heavy atom. The molecule has 0 saturated heterocycles. The molecule has 1 amide bonds. The molecule has 24 heavy (non-hydrogen) atoms. The van der Waals surface area contributed by atoms with Gasteiger partial charge in [-0.15, -0.1) is 0 Å². The number of halogens is 1. The van der Waals surface area contributed by atoms with Crippen molar-refractivity contribution in [1.29, 1.82) is 0 Å². The lowest BCUT2D eigenvalue weighted by Crippen LogP contribution is -2.43.